The number of para-hydroxylation sites is 2. The number of carboxylic acids is 1. The van der Waals surface area contributed by atoms with Crippen molar-refractivity contribution < 1.29 is 28.8 Å². The van der Waals surface area contributed by atoms with E-state index in [1.807, 2.05) is 24.3 Å². The molecule has 0 saturated carbocycles. The molecule has 1 aliphatic rings. The maximum absolute atomic E-state index is 10.6. The SMILES string of the molecule is O=C(O)CCCCCN1CCOCCOc2ccccc2OCCOCC1. The summed E-state index contributed by atoms with van der Waals surface area (Å²) in [6.45, 7) is 5.86. The monoisotopic (exact) mass is 381 g/mol. The third-order valence-electron chi connectivity index (χ3n) is 4.29. The first-order valence-corrected chi connectivity index (χ1v) is 9.70. The molecule has 0 saturated heterocycles. The zero-order chi connectivity index (χ0) is 19.2. The molecule has 0 aliphatic carbocycles. The Hall–Kier alpha value is -1.83. The molecule has 0 aromatic heterocycles. The smallest absolute Gasteiger partial charge is 0.303 e. The molecule has 0 radical (unpaired) electrons. The van der Waals surface area contributed by atoms with E-state index >= 15 is 0 Å². The molecule has 7 heteroatoms. The van der Waals surface area contributed by atoms with Crippen LogP contribution in [0.1, 0.15) is 25.7 Å². The maximum Gasteiger partial charge on any atom is 0.303 e. The Morgan fingerprint density at radius 3 is 2.00 bits per heavy atom. The second-order valence-corrected chi connectivity index (χ2v) is 6.41. The minimum absolute atomic E-state index is 0.245. The molecule has 1 aromatic carbocycles. The van der Waals surface area contributed by atoms with Crippen molar-refractivity contribution in [3.05, 3.63) is 24.3 Å². The summed E-state index contributed by atoms with van der Waals surface area (Å²) >= 11 is 0. The average Bonchev–Trinajstić information content (AvgIpc) is 2.67. The molecule has 0 bridgehead atoms. The summed E-state index contributed by atoms with van der Waals surface area (Å²) in [5.41, 5.74) is 0. The van der Waals surface area contributed by atoms with Crippen molar-refractivity contribution >= 4 is 5.97 Å². The van der Waals surface area contributed by atoms with Crippen LogP contribution in [0, 0.1) is 0 Å². The largest absolute Gasteiger partial charge is 0.487 e. The predicted octanol–water partition coefficient (Wildman–Crippen LogP) is 2.44. The molecule has 27 heavy (non-hydrogen) atoms. The number of unbranched alkanes of at least 4 members (excludes halogenated alkanes) is 2. The molecular weight excluding hydrogens is 350 g/mol. The van der Waals surface area contributed by atoms with E-state index in [-0.39, 0.29) is 6.42 Å². The Balaban J connectivity index is 1.74. The molecule has 1 heterocycles. The van der Waals surface area contributed by atoms with Gasteiger partial charge in [0, 0.05) is 19.5 Å². The first-order chi connectivity index (χ1) is 13.3. The average molecular weight is 381 g/mol. The second-order valence-electron chi connectivity index (χ2n) is 6.41. The molecule has 2 rings (SSSR count). The van der Waals surface area contributed by atoms with Crippen molar-refractivity contribution in [2.24, 2.45) is 0 Å². The van der Waals surface area contributed by atoms with Gasteiger partial charge in [0.1, 0.15) is 13.2 Å². The fraction of sp³-hybridized carbons (Fsp3) is 0.650. The van der Waals surface area contributed by atoms with E-state index in [9.17, 15) is 4.79 Å². The number of rotatable bonds is 6. The highest BCUT2D eigenvalue weighted by Gasteiger charge is 2.08. The fourth-order valence-electron chi connectivity index (χ4n) is 2.82. The third kappa shape index (κ3) is 9.60. The van der Waals surface area contributed by atoms with Crippen LogP contribution in [0.3, 0.4) is 0 Å². The number of hydrogen-bond acceptors (Lipinski definition) is 6. The van der Waals surface area contributed by atoms with Gasteiger partial charge < -0.3 is 24.1 Å². The van der Waals surface area contributed by atoms with E-state index < -0.39 is 5.97 Å². The van der Waals surface area contributed by atoms with Crippen molar-refractivity contribution in [3.8, 4) is 11.5 Å². The number of carboxylic acid groups (broad SMARTS) is 1. The lowest BCUT2D eigenvalue weighted by atomic mass is 10.2. The number of aliphatic carboxylic acids is 1. The van der Waals surface area contributed by atoms with Gasteiger partial charge in [0.2, 0.25) is 0 Å². The van der Waals surface area contributed by atoms with E-state index in [4.69, 9.17) is 24.1 Å². The molecule has 0 atom stereocenters. The zero-order valence-corrected chi connectivity index (χ0v) is 15.9. The summed E-state index contributed by atoms with van der Waals surface area (Å²) in [4.78, 5) is 12.9. The summed E-state index contributed by atoms with van der Waals surface area (Å²) in [5, 5.41) is 8.69. The van der Waals surface area contributed by atoms with Gasteiger partial charge in [-0.2, -0.15) is 0 Å². The Morgan fingerprint density at radius 1 is 0.852 bits per heavy atom. The van der Waals surface area contributed by atoms with E-state index in [1.54, 1.807) is 0 Å². The standard InChI is InChI=1S/C20H31NO6/c22-20(23)8-2-1-5-9-21-10-12-24-14-16-26-18-6-3-4-7-19(18)27-17-15-25-13-11-21/h3-4,6-7H,1-2,5,8-17H2,(H,22,23). The van der Waals surface area contributed by atoms with Gasteiger partial charge in [0.25, 0.3) is 0 Å². The van der Waals surface area contributed by atoms with Gasteiger partial charge >= 0.3 is 5.97 Å². The molecule has 0 fully saturated rings. The van der Waals surface area contributed by atoms with E-state index in [0.717, 1.165) is 50.4 Å². The Labute approximate surface area is 161 Å². The molecule has 152 valence electrons. The Kier molecular flexibility index (Phi) is 10.6. The molecule has 1 N–H and O–H groups in total. The molecule has 7 nitrogen and oxygen atoms in total. The number of ether oxygens (including phenoxy) is 4. The third-order valence-corrected chi connectivity index (χ3v) is 4.29. The van der Waals surface area contributed by atoms with Crippen molar-refractivity contribution in [1.29, 1.82) is 0 Å². The maximum atomic E-state index is 10.6. The van der Waals surface area contributed by atoms with E-state index in [2.05, 4.69) is 4.90 Å². The van der Waals surface area contributed by atoms with Crippen LogP contribution in [0.15, 0.2) is 24.3 Å². The quantitative estimate of drug-likeness (QED) is 0.758. The van der Waals surface area contributed by atoms with Crippen LogP contribution in [-0.2, 0) is 14.3 Å². The lowest BCUT2D eigenvalue weighted by Gasteiger charge is -2.22. The summed E-state index contributed by atoms with van der Waals surface area (Å²) in [7, 11) is 0. The first-order valence-electron chi connectivity index (χ1n) is 9.70. The van der Waals surface area contributed by atoms with Crippen molar-refractivity contribution in [2.75, 3.05) is 59.3 Å². The van der Waals surface area contributed by atoms with Gasteiger partial charge in [-0.3, -0.25) is 9.69 Å². The summed E-state index contributed by atoms with van der Waals surface area (Å²) in [6.07, 6.45) is 2.87. The number of carbonyl (C=O) groups is 1. The lowest BCUT2D eigenvalue weighted by molar-refractivity contribution is -0.137. The van der Waals surface area contributed by atoms with Gasteiger partial charge in [-0.05, 0) is 31.5 Å². The van der Waals surface area contributed by atoms with Crippen molar-refractivity contribution in [2.45, 2.75) is 25.7 Å². The minimum atomic E-state index is -0.724. The molecule has 0 unspecified atom stereocenters. The second kappa shape index (κ2) is 13.4. The number of benzene rings is 1. The predicted molar refractivity (Wildman–Crippen MR) is 102 cm³/mol. The normalized spacial score (nSPS) is 17.6. The summed E-state index contributed by atoms with van der Waals surface area (Å²) < 4.78 is 22.9. The van der Waals surface area contributed by atoms with E-state index in [0.29, 0.717) is 39.6 Å². The molecule has 1 aromatic rings. The topological polar surface area (TPSA) is 77.5 Å². The van der Waals surface area contributed by atoms with Crippen LogP contribution >= 0.6 is 0 Å². The van der Waals surface area contributed by atoms with Gasteiger partial charge in [0.15, 0.2) is 11.5 Å². The lowest BCUT2D eigenvalue weighted by Crippen LogP contribution is -2.32. The van der Waals surface area contributed by atoms with Crippen LogP contribution in [0.25, 0.3) is 0 Å². The van der Waals surface area contributed by atoms with E-state index in [1.165, 1.54) is 0 Å². The Bertz CT molecular complexity index is 504. The van der Waals surface area contributed by atoms with Crippen LogP contribution in [0.4, 0.5) is 0 Å². The summed E-state index contributed by atoms with van der Waals surface area (Å²) in [6, 6.07) is 7.62. The van der Waals surface area contributed by atoms with Gasteiger partial charge in [0.05, 0.1) is 26.4 Å². The van der Waals surface area contributed by atoms with Crippen molar-refractivity contribution in [1.82, 2.24) is 4.90 Å². The van der Waals surface area contributed by atoms with Crippen molar-refractivity contribution in [3.63, 3.8) is 0 Å². The highest BCUT2D eigenvalue weighted by Crippen LogP contribution is 2.26. The fourth-order valence-corrected chi connectivity index (χ4v) is 2.82. The number of hydrogen-bond donors (Lipinski definition) is 1. The highest BCUT2D eigenvalue weighted by atomic mass is 16.6. The molecule has 1 aliphatic heterocycles. The Morgan fingerprint density at radius 2 is 1.44 bits per heavy atom. The number of nitrogens with zero attached hydrogens (tertiary/aromatic N) is 1. The van der Waals surface area contributed by atoms with Gasteiger partial charge in [-0.15, -0.1) is 0 Å². The van der Waals surface area contributed by atoms with Gasteiger partial charge in [-0.25, -0.2) is 0 Å². The number of fused-ring (bicyclic) bond motifs is 1. The minimum Gasteiger partial charge on any atom is -0.487 e. The van der Waals surface area contributed by atoms with Crippen LogP contribution in [0.2, 0.25) is 0 Å². The van der Waals surface area contributed by atoms with Crippen LogP contribution in [0.5, 0.6) is 11.5 Å². The molecule has 0 amide bonds. The highest BCUT2D eigenvalue weighted by molar-refractivity contribution is 5.66. The molecular formula is C20H31NO6. The first kappa shape index (κ1) is 21.5. The van der Waals surface area contributed by atoms with Crippen LogP contribution < -0.4 is 9.47 Å². The molecule has 0 spiro atoms. The van der Waals surface area contributed by atoms with Crippen LogP contribution in [-0.4, -0.2) is 75.3 Å². The summed E-state index contributed by atoms with van der Waals surface area (Å²) in [5.74, 6) is 0.718. The zero-order valence-electron chi connectivity index (χ0n) is 15.9. The van der Waals surface area contributed by atoms with Gasteiger partial charge in [-0.1, -0.05) is 18.6 Å².